The average Bonchev–Trinajstić information content (AvgIpc) is 2.68. The first-order valence-corrected chi connectivity index (χ1v) is 10.6. The second-order valence-corrected chi connectivity index (χ2v) is 8.44. The lowest BCUT2D eigenvalue weighted by Gasteiger charge is -2.34. The van der Waals surface area contributed by atoms with Crippen LogP contribution in [0.2, 0.25) is 0 Å². The average molecular weight is 406 g/mol. The van der Waals surface area contributed by atoms with Gasteiger partial charge in [0, 0.05) is 13.1 Å². The number of amides is 1. The van der Waals surface area contributed by atoms with Crippen LogP contribution in [0.4, 0.5) is 4.39 Å². The van der Waals surface area contributed by atoms with Gasteiger partial charge in [0.2, 0.25) is 15.9 Å². The molecule has 1 heterocycles. The van der Waals surface area contributed by atoms with Gasteiger partial charge in [-0.15, -0.1) is 0 Å². The van der Waals surface area contributed by atoms with E-state index in [4.69, 9.17) is 4.74 Å². The first kappa shape index (κ1) is 20.4. The molecule has 0 radical (unpaired) electrons. The van der Waals surface area contributed by atoms with Gasteiger partial charge in [0.05, 0.1) is 12.7 Å². The summed E-state index contributed by atoms with van der Waals surface area (Å²) in [4.78, 5) is 14.2. The number of morpholine rings is 1. The van der Waals surface area contributed by atoms with Crippen molar-refractivity contribution in [2.24, 2.45) is 0 Å². The van der Waals surface area contributed by atoms with Gasteiger partial charge in [0.1, 0.15) is 16.8 Å². The van der Waals surface area contributed by atoms with E-state index in [0.717, 1.165) is 11.6 Å². The summed E-state index contributed by atoms with van der Waals surface area (Å²) in [5.41, 5.74) is 0.804. The molecular weight excluding hydrogens is 383 g/mol. The van der Waals surface area contributed by atoms with Crippen molar-refractivity contribution in [2.45, 2.75) is 30.4 Å². The normalized spacial score (nSPS) is 18.6. The number of carbonyl (C=O) groups is 1. The maximum atomic E-state index is 14.0. The number of benzene rings is 2. The molecule has 2 aromatic carbocycles. The number of rotatable bonds is 6. The molecule has 3 rings (SSSR count). The van der Waals surface area contributed by atoms with Crippen molar-refractivity contribution in [1.82, 2.24) is 9.62 Å². The van der Waals surface area contributed by atoms with Crippen LogP contribution in [0.3, 0.4) is 0 Å². The molecule has 0 bridgehead atoms. The summed E-state index contributed by atoms with van der Waals surface area (Å²) in [6.07, 6.45) is 0.0391. The first-order valence-electron chi connectivity index (χ1n) is 9.08. The van der Waals surface area contributed by atoms with Crippen LogP contribution >= 0.6 is 0 Å². The zero-order valence-corrected chi connectivity index (χ0v) is 16.4. The van der Waals surface area contributed by atoms with Crippen molar-refractivity contribution >= 4 is 15.9 Å². The predicted octanol–water partition coefficient (Wildman–Crippen LogP) is 1.96. The number of carbonyl (C=O) groups excluding carboxylic acids is 1. The number of sulfonamides is 1. The molecule has 0 aliphatic carbocycles. The maximum absolute atomic E-state index is 14.0. The molecule has 1 N–H and O–H groups in total. The maximum Gasteiger partial charge on any atom is 0.244 e. The minimum atomic E-state index is -4.21. The predicted molar refractivity (Wildman–Crippen MR) is 103 cm³/mol. The van der Waals surface area contributed by atoms with E-state index in [9.17, 15) is 17.6 Å². The second kappa shape index (κ2) is 8.81. The highest BCUT2D eigenvalue weighted by atomic mass is 32.2. The Balaban J connectivity index is 1.87. The molecule has 28 heavy (non-hydrogen) atoms. The monoisotopic (exact) mass is 406 g/mol. The minimum absolute atomic E-state index is 0.127. The number of nitrogens with one attached hydrogen (secondary N) is 1. The topological polar surface area (TPSA) is 75.7 Å². The smallest absolute Gasteiger partial charge is 0.244 e. The van der Waals surface area contributed by atoms with Crippen molar-refractivity contribution in [1.29, 1.82) is 0 Å². The molecule has 1 aliphatic rings. The summed E-state index contributed by atoms with van der Waals surface area (Å²) < 4.78 is 47.4. The molecule has 0 spiro atoms. The zero-order chi connectivity index (χ0) is 20.1. The van der Waals surface area contributed by atoms with E-state index < -0.39 is 26.8 Å². The van der Waals surface area contributed by atoms with E-state index in [0.29, 0.717) is 19.7 Å². The molecule has 8 heteroatoms. The first-order chi connectivity index (χ1) is 13.4. The van der Waals surface area contributed by atoms with E-state index in [1.54, 1.807) is 4.90 Å². The summed E-state index contributed by atoms with van der Waals surface area (Å²) in [7, 11) is -4.21. The van der Waals surface area contributed by atoms with E-state index in [2.05, 4.69) is 4.72 Å². The second-order valence-electron chi connectivity index (χ2n) is 6.76. The fourth-order valence-corrected chi connectivity index (χ4v) is 4.45. The number of hydrogen-bond acceptors (Lipinski definition) is 4. The van der Waals surface area contributed by atoms with Crippen LogP contribution in [-0.2, 0) is 26.0 Å². The number of hydrogen-bond donors (Lipinski definition) is 1. The quantitative estimate of drug-likeness (QED) is 0.796. The zero-order valence-electron chi connectivity index (χ0n) is 15.5. The van der Waals surface area contributed by atoms with Crippen molar-refractivity contribution in [2.75, 3.05) is 19.7 Å². The van der Waals surface area contributed by atoms with Crippen LogP contribution in [0.1, 0.15) is 12.5 Å². The molecule has 1 fully saturated rings. The lowest BCUT2D eigenvalue weighted by atomic mass is 10.1. The van der Waals surface area contributed by atoms with Crippen molar-refractivity contribution < 1.29 is 22.3 Å². The molecule has 2 atom stereocenters. The summed E-state index contributed by atoms with van der Waals surface area (Å²) >= 11 is 0. The largest absolute Gasteiger partial charge is 0.375 e. The summed E-state index contributed by atoms with van der Waals surface area (Å²) in [6.45, 7) is 3.02. The third-order valence-electron chi connectivity index (χ3n) is 4.56. The number of halogens is 1. The van der Waals surface area contributed by atoms with Gasteiger partial charge in [-0.05, 0) is 31.0 Å². The van der Waals surface area contributed by atoms with Gasteiger partial charge in [-0.25, -0.2) is 12.8 Å². The van der Waals surface area contributed by atoms with Crippen LogP contribution < -0.4 is 4.72 Å². The molecule has 1 aliphatic heterocycles. The van der Waals surface area contributed by atoms with Crippen LogP contribution in [-0.4, -0.2) is 51.1 Å². The van der Waals surface area contributed by atoms with Crippen LogP contribution in [0.5, 0.6) is 0 Å². The third-order valence-corrected chi connectivity index (χ3v) is 6.06. The standard InChI is InChI=1S/C20H23FN2O4S/c1-15-14-23(11-12-27-15)20(24)18(13-16-7-3-2-4-8-16)22-28(25,26)19-10-6-5-9-17(19)21/h2-10,15,18,22H,11-14H2,1H3. The van der Waals surface area contributed by atoms with Gasteiger partial charge < -0.3 is 9.64 Å². The molecule has 2 unspecified atom stereocenters. The van der Waals surface area contributed by atoms with E-state index >= 15 is 0 Å². The Kier molecular flexibility index (Phi) is 6.43. The molecular formula is C20H23FN2O4S. The van der Waals surface area contributed by atoms with Crippen molar-refractivity contribution in [3.05, 3.63) is 66.0 Å². The van der Waals surface area contributed by atoms with Crippen LogP contribution in [0, 0.1) is 5.82 Å². The summed E-state index contributed by atoms with van der Waals surface area (Å²) in [5.74, 6) is -1.21. The fraction of sp³-hybridized carbons (Fsp3) is 0.350. The molecule has 150 valence electrons. The lowest BCUT2D eigenvalue weighted by Crippen LogP contribution is -2.54. The third kappa shape index (κ3) is 4.95. The molecule has 2 aromatic rings. The van der Waals surface area contributed by atoms with Gasteiger partial charge in [0.15, 0.2) is 0 Å². The van der Waals surface area contributed by atoms with Gasteiger partial charge in [0.25, 0.3) is 0 Å². The Morgan fingerprint density at radius 3 is 2.57 bits per heavy atom. The Bertz CT molecular complexity index is 921. The van der Waals surface area contributed by atoms with Gasteiger partial charge >= 0.3 is 0 Å². The number of nitrogens with zero attached hydrogens (tertiary/aromatic N) is 1. The van der Waals surface area contributed by atoms with E-state index in [-0.39, 0.29) is 18.4 Å². The Morgan fingerprint density at radius 1 is 1.21 bits per heavy atom. The Hall–Kier alpha value is -2.29. The lowest BCUT2D eigenvalue weighted by molar-refractivity contribution is -0.139. The Morgan fingerprint density at radius 2 is 1.89 bits per heavy atom. The van der Waals surface area contributed by atoms with Gasteiger partial charge in [-0.3, -0.25) is 4.79 Å². The molecule has 1 amide bonds. The van der Waals surface area contributed by atoms with E-state index in [1.807, 2.05) is 37.3 Å². The Labute approximate surface area is 164 Å². The van der Waals surface area contributed by atoms with Crippen molar-refractivity contribution in [3.63, 3.8) is 0 Å². The highest BCUT2D eigenvalue weighted by Crippen LogP contribution is 2.16. The highest BCUT2D eigenvalue weighted by molar-refractivity contribution is 7.89. The SMILES string of the molecule is CC1CN(C(=O)C(Cc2ccccc2)NS(=O)(=O)c2ccccc2F)CCO1. The highest BCUT2D eigenvalue weighted by Gasteiger charge is 2.32. The van der Waals surface area contributed by atoms with Crippen LogP contribution in [0.25, 0.3) is 0 Å². The van der Waals surface area contributed by atoms with E-state index in [1.165, 1.54) is 18.2 Å². The molecule has 1 saturated heterocycles. The molecule has 0 aromatic heterocycles. The van der Waals surface area contributed by atoms with Gasteiger partial charge in [-0.2, -0.15) is 4.72 Å². The minimum Gasteiger partial charge on any atom is -0.375 e. The van der Waals surface area contributed by atoms with Crippen LogP contribution in [0.15, 0.2) is 59.5 Å². The number of ether oxygens (including phenoxy) is 1. The molecule has 6 nitrogen and oxygen atoms in total. The van der Waals surface area contributed by atoms with Gasteiger partial charge in [-0.1, -0.05) is 42.5 Å². The fourth-order valence-electron chi connectivity index (χ4n) is 3.18. The molecule has 0 saturated carbocycles. The summed E-state index contributed by atoms with van der Waals surface area (Å²) in [5, 5.41) is 0. The van der Waals surface area contributed by atoms with Crippen molar-refractivity contribution in [3.8, 4) is 0 Å². The summed E-state index contributed by atoms with van der Waals surface area (Å²) in [6, 6.07) is 13.2.